The van der Waals surface area contributed by atoms with Crippen LogP contribution in [0, 0.1) is 19.8 Å². The number of carbonyl (C=O) groups is 1. The van der Waals surface area contributed by atoms with Crippen LogP contribution >= 0.6 is 0 Å². The summed E-state index contributed by atoms with van der Waals surface area (Å²) in [5, 5.41) is 5.70. The molecule has 0 radical (unpaired) electrons. The van der Waals surface area contributed by atoms with E-state index in [0.717, 1.165) is 48.2 Å². The van der Waals surface area contributed by atoms with E-state index in [1.807, 2.05) is 26.0 Å². The topological polar surface area (TPSA) is 82.5 Å². The highest BCUT2D eigenvalue weighted by atomic mass is 16.1. The maximum atomic E-state index is 12.6. The number of aryl methyl sites for hydroxylation is 2. The second kappa shape index (κ2) is 8.44. The van der Waals surface area contributed by atoms with E-state index in [1.54, 1.807) is 4.52 Å². The molecule has 1 aliphatic rings. The molecule has 3 aromatic rings. The van der Waals surface area contributed by atoms with Gasteiger partial charge in [-0.25, -0.2) is 9.50 Å². The average molecular weight is 408 g/mol. The van der Waals surface area contributed by atoms with Gasteiger partial charge in [0.15, 0.2) is 5.65 Å². The van der Waals surface area contributed by atoms with E-state index in [4.69, 9.17) is 0 Å². The molecule has 1 atom stereocenters. The Kier molecular flexibility index (Phi) is 5.72. The van der Waals surface area contributed by atoms with Gasteiger partial charge in [-0.1, -0.05) is 19.1 Å². The van der Waals surface area contributed by atoms with Crippen LogP contribution < -0.4 is 10.9 Å². The van der Waals surface area contributed by atoms with Crippen LogP contribution in [-0.4, -0.2) is 38.5 Å². The zero-order chi connectivity index (χ0) is 21.3. The number of likely N-dealkylation sites (tertiary alicyclic amines) is 1. The first-order chi connectivity index (χ1) is 14.4. The molecule has 1 saturated heterocycles. The van der Waals surface area contributed by atoms with Crippen LogP contribution in [0.3, 0.4) is 0 Å². The van der Waals surface area contributed by atoms with E-state index in [0.29, 0.717) is 5.65 Å². The van der Waals surface area contributed by atoms with Crippen LogP contribution in [0.5, 0.6) is 0 Å². The monoisotopic (exact) mass is 407 g/mol. The first-order valence-corrected chi connectivity index (χ1v) is 10.6. The summed E-state index contributed by atoms with van der Waals surface area (Å²) in [5.74, 6) is 0.664. The molecule has 4 rings (SSSR count). The second-order valence-corrected chi connectivity index (χ2v) is 8.48. The second-order valence-electron chi connectivity index (χ2n) is 8.48. The largest absolute Gasteiger partial charge is 0.326 e. The van der Waals surface area contributed by atoms with E-state index < -0.39 is 0 Å². The quantitative estimate of drug-likeness (QED) is 0.681. The summed E-state index contributed by atoms with van der Waals surface area (Å²) in [6.07, 6.45) is 2.79. The molecule has 0 saturated carbocycles. The number of fused-ring (bicyclic) bond motifs is 1. The van der Waals surface area contributed by atoms with Crippen LogP contribution in [0.15, 0.2) is 35.1 Å². The molecule has 2 N–H and O–H groups in total. The lowest BCUT2D eigenvalue weighted by atomic mass is 10.00. The van der Waals surface area contributed by atoms with Gasteiger partial charge in [-0.2, -0.15) is 0 Å². The summed E-state index contributed by atoms with van der Waals surface area (Å²) in [6, 6.07) is 9.56. The van der Waals surface area contributed by atoms with Gasteiger partial charge in [-0.15, -0.1) is 0 Å². The SMILES string of the molecule is Cc1nc2cc(=O)[nH]n2c(C)c1CC(=O)Nc1ccc(CN2CCCC(C)C2)cc1. The van der Waals surface area contributed by atoms with Crippen LogP contribution in [0.25, 0.3) is 5.65 Å². The Hall–Kier alpha value is -2.93. The minimum absolute atomic E-state index is 0.102. The summed E-state index contributed by atoms with van der Waals surface area (Å²) in [4.78, 5) is 31.2. The molecule has 7 nitrogen and oxygen atoms in total. The first-order valence-electron chi connectivity index (χ1n) is 10.6. The van der Waals surface area contributed by atoms with Gasteiger partial charge in [-0.05, 0) is 56.8 Å². The number of amides is 1. The Bertz CT molecular complexity index is 1110. The molecule has 1 amide bonds. The van der Waals surface area contributed by atoms with Crippen molar-refractivity contribution in [3.8, 4) is 0 Å². The number of benzene rings is 1. The molecule has 0 aliphatic carbocycles. The van der Waals surface area contributed by atoms with Crippen molar-refractivity contribution < 1.29 is 4.79 Å². The van der Waals surface area contributed by atoms with Crippen molar-refractivity contribution in [1.29, 1.82) is 0 Å². The van der Waals surface area contributed by atoms with E-state index in [2.05, 4.69) is 39.4 Å². The fourth-order valence-electron chi connectivity index (χ4n) is 4.36. The molecule has 2 aromatic heterocycles. The number of hydrogen-bond donors (Lipinski definition) is 2. The fourth-order valence-corrected chi connectivity index (χ4v) is 4.36. The highest BCUT2D eigenvalue weighted by Crippen LogP contribution is 2.19. The smallest absolute Gasteiger partial charge is 0.266 e. The zero-order valence-corrected chi connectivity index (χ0v) is 17.9. The highest BCUT2D eigenvalue weighted by Gasteiger charge is 2.17. The van der Waals surface area contributed by atoms with Gasteiger partial charge in [0.25, 0.3) is 5.56 Å². The number of aromatic nitrogens is 3. The first kappa shape index (κ1) is 20.3. The summed E-state index contributed by atoms with van der Waals surface area (Å²) in [7, 11) is 0. The summed E-state index contributed by atoms with van der Waals surface area (Å²) in [5.41, 5.74) is 4.81. The van der Waals surface area contributed by atoms with E-state index in [9.17, 15) is 9.59 Å². The maximum Gasteiger partial charge on any atom is 0.266 e. The predicted octanol–water partition coefficient (Wildman–Crippen LogP) is 3.05. The Morgan fingerprint density at radius 2 is 2.03 bits per heavy atom. The molecule has 0 spiro atoms. The number of H-pyrrole nitrogens is 1. The van der Waals surface area contributed by atoms with Crippen LogP contribution in [0.4, 0.5) is 5.69 Å². The third kappa shape index (κ3) is 4.46. The maximum absolute atomic E-state index is 12.6. The minimum atomic E-state index is -0.203. The van der Waals surface area contributed by atoms with Crippen LogP contribution in [0.1, 0.15) is 42.3 Å². The Morgan fingerprint density at radius 3 is 2.77 bits per heavy atom. The Morgan fingerprint density at radius 1 is 1.27 bits per heavy atom. The Balaban J connectivity index is 1.40. The van der Waals surface area contributed by atoms with Crippen molar-refractivity contribution in [1.82, 2.24) is 19.5 Å². The number of rotatable bonds is 5. The van der Waals surface area contributed by atoms with Gasteiger partial charge in [0, 0.05) is 41.8 Å². The normalized spacial score (nSPS) is 17.4. The lowest BCUT2D eigenvalue weighted by Gasteiger charge is -2.30. The zero-order valence-electron chi connectivity index (χ0n) is 17.9. The molecule has 1 unspecified atom stereocenters. The third-order valence-corrected chi connectivity index (χ3v) is 5.92. The van der Waals surface area contributed by atoms with Crippen molar-refractivity contribution in [2.45, 2.75) is 46.6 Å². The Labute approximate surface area is 176 Å². The van der Waals surface area contributed by atoms with Crippen molar-refractivity contribution in [2.75, 3.05) is 18.4 Å². The van der Waals surface area contributed by atoms with Gasteiger partial charge in [0.05, 0.1) is 6.42 Å². The molecule has 158 valence electrons. The number of piperidine rings is 1. The van der Waals surface area contributed by atoms with Gasteiger partial charge in [0.2, 0.25) is 5.91 Å². The molecule has 1 aromatic carbocycles. The molecular formula is C23H29N5O2. The van der Waals surface area contributed by atoms with E-state index >= 15 is 0 Å². The molecule has 30 heavy (non-hydrogen) atoms. The molecule has 0 bridgehead atoms. The van der Waals surface area contributed by atoms with Crippen molar-refractivity contribution in [2.24, 2.45) is 5.92 Å². The van der Waals surface area contributed by atoms with Crippen LogP contribution in [0.2, 0.25) is 0 Å². The number of hydrogen-bond acceptors (Lipinski definition) is 4. The predicted molar refractivity (Wildman–Crippen MR) is 118 cm³/mol. The number of anilines is 1. The third-order valence-electron chi connectivity index (χ3n) is 5.92. The summed E-state index contributed by atoms with van der Waals surface area (Å²) < 4.78 is 1.63. The van der Waals surface area contributed by atoms with Gasteiger partial charge in [0.1, 0.15) is 0 Å². The lowest BCUT2D eigenvalue weighted by Crippen LogP contribution is -2.33. The van der Waals surface area contributed by atoms with Gasteiger partial charge < -0.3 is 5.32 Å². The number of nitrogens with zero attached hydrogens (tertiary/aromatic N) is 3. The molecule has 1 aliphatic heterocycles. The molecule has 7 heteroatoms. The van der Waals surface area contributed by atoms with Crippen molar-refractivity contribution in [3.05, 3.63) is 63.2 Å². The molecule has 1 fully saturated rings. The summed E-state index contributed by atoms with van der Waals surface area (Å²) in [6.45, 7) is 9.34. The summed E-state index contributed by atoms with van der Waals surface area (Å²) >= 11 is 0. The lowest BCUT2D eigenvalue weighted by molar-refractivity contribution is -0.115. The number of nitrogens with one attached hydrogen (secondary N) is 2. The van der Waals surface area contributed by atoms with Gasteiger partial charge in [-0.3, -0.25) is 19.6 Å². The van der Waals surface area contributed by atoms with Gasteiger partial charge >= 0.3 is 0 Å². The van der Waals surface area contributed by atoms with Crippen molar-refractivity contribution in [3.63, 3.8) is 0 Å². The fraction of sp³-hybridized carbons (Fsp3) is 0.435. The number of aromatic amines is 1. The average Bonchev–Trinajstić information content (AvgIpc) is 3.07. The van der Waals surface area contributed by atoms with E-state index in [1.165, 1.54) is 24.5 Å². The standard InChI is InChI=1S/C23H29N5O2/c1-15-5-4-10-27(13-15)14-18-6-8-19(9-7-18)25-22(29)11-20-16(2)24-21-12-23(30)26-28(21)17(20)3/h6-9,12,15H,4-5,10-11,13-14H2,1-3H3,(H,25,29)(H,26,30). The van der Waals surface area contributed by atoms with Crippen molar-refractivity contribution >= 4 is 17.2 Å². The van der Waals surface area contributed by atoms with Crippen LogP contribution in [-0.2, 0) is 17.8 Å². The minimum Gasteiger partial charge on any atom is -0.326 e. The van der Waals surface area contributed by atoms with E-state index in [-0.39, 0.29) is 17.9 Å². The number of carbonyl (C=O) groups excluding carboxylic acids is 1. The highest BCUT2D eigenvalue weighted by molar-refractivity contribution is 5.92. The molecular weight excluding hydrogens is 378 g/mol. The molecule has 3 heterocycles.